The number of hydrogen-bond donors (Lipinski definition) is 1. The van der Waals surface area contributed by atoms with Crippen molar-refractivity contribution in [3.63, 3.8) is 0 Å². The molecule has 9 heteroatoms. The molecule has 1 N–H and O–H groups in total. The van der Waals surface area contributed by atoms with Crippen molar-refractivity contribution in [3.05, 3.63) is 101 Å². The number of ether oxygens (including phenoxy) is 3. The number of anilines is 2. The molecule has 1 fully saturated rings. The zero-order chi connectivity index (χ0) is 35.6. The molecule has 0 radical (unpaired) electrons. The molecular formula is C42H53N5O4. The predicted molar refractivity (Wildman–Crippen MR) is 205 cm³/mol. The maximum atomic E-state index is 13.8. The second kappa shape index (κ2) is 17.7. The number of aryl methyl sites for hydroxylation is 1. The number of rotatable bonds is 15. The molecular weight excluding hydrogens is 638 g/mol. The smallest absolute Gasteiger partial charge is 0.251 e. The fourth-order valence-electron chi connectivity index (χ4n) is 6.74. The Labute approximate surface area is 303 Å². The average molecular weight is 692 g/mol. The Morgan fingerprint density at radius 1 is 1.06 bits per heavy atom. The third-order valence-electron chi connectivity index (χ3n) is 9.77. The van der Waals surface area contributed by atoms with Crippen LogP contribution >= 0.6 is 0 Å². The number of aromatic nitrogens is 2. The first-order valence-electron chi connectivity index (χ1n) is 18.6. The van der Waals surface area contributed by atoms with Crippen molar-refractivity contribution in [2.45, 2.75) is 84.8 Å². The first-order valence-corrected chi connectivity index (χ1v) is 18.6. The molecule has 4 aromatic rings. The van der Waals surface area contributed by atoms with Gasteiger partial charge in [-0.15, -0.1) is 0 Å². The van der Waals surface area contributed by atoms with E-state index in [0.717, 1.165) is 90.5 Å². The second-order valence-electron chi connectivity index (χ2n) is 13.7. The van der Waals surface area contributed by atoms with Gasteiger partial charge in [-0.3, -0.25) is 14.4 Å². The zero-order valence-electron chi connectivity index (χ0n) is 30.6. The van der Waals surface area contributed by atoms with Gasteiger partial charge in [-0.1, -0.05) is 43.7 Å². The highest BCUT2D eigenvalue weighted by Crippen LogP contribution is 2.34. The summed E-state index contributed by atoms with van der Waals surface area (Å²) in [6, 6.07) is 23.3. The number of fused-ring (bicyclic) bond motifs is 1. The van der Waals surface area contributed by atoms with Crippen molar-refractivity contribution in [1.82, 2.24) is 14.7 Å². The summed E-state index contributed by atoms with van der Waals surface area (Å²) in [6.45, 7) is 11.6. The molecule has 9 nitrogen and oxygen atoms in total. The maximum absolute atomic E-state index is 13.8. The van der Waals surface area contributed by atoms with E-state index in [-0.39, 0.29) is 12.2 Å². The molecule has 6 rings (SSSR count). The Kier molecular flexibility index (Phi) is 12.6. The largest absolute Gasteiger partial charge is 0.465 e. The van der Waals surface area contributed by atoms with E-state index in [1.807, 2.05) is 42.1 Å². The molecule has 270 valence electrons. The Hall–Kier alpha value is -4.44. The Morgan fingerprint density at radius 2 is 1.86 bits per heavy atom. The molecule has 0 aliphatic carbocycles. The average Bonchev–Trinajstić information content (AvgIpc) is 3.53. The van der Waals surface area contributed by atoms with Gasteiger partial charge in [-0.05, 0) is 111 Å². The summed E-state index contributed by atoms with van der Waals surface area (Å²) in [4.78, 5) is 18.5. The van der Waals surface area contributed by atoms with Crippen LogP contribution in [-0.4, -0.2) is 66.3 Å². The second-order valence-corrected chi connectivity index (χ2v) is 13.7. The fraction of sp³-hybridized carbons (Fsp3) is 0.429. The van der Waals surface area contributed by atoms with Crippen LogP contribution in [0.2, 0.25) is 0 Å². The fourth-order valence-corrected chi connectivity index (χ4v) is 6.74. The van der Waals surface area contributed by atoms with Crippen molar-refractivity contribution in [2.24, 2.45) is 0 Å². The Balaban J connectivity index is 1.18. The van der Waals surface area contributed by atoms with Gasteiger partial charge < -0.3 is 24.4 Å². The van der Waals surface area contributed by atoms with E-state index in [0.29, 0.717) is 32.2 Å². The number of nitrogens with one attached hydrogen (secondary N) is 1. The quantitative estimate of drug-likeness (QED) is 0.0996. The van der Waals surface area contributed by atoms with Crippen LogP contribution in [0.25, 0.3) is 17.2 Å². The maximum Gasteiger partial charge on any atom is 0.251 e. The lowest BCUT2D eigenvalue weighted by molar-refractivity contribution is -0.112. The van der Waals surface area contributed by atoms with Crippen LogP contribution in [0.3, 0.4) is 0 Å². The summed E-state index contributed by atoms with van der Waals surface area (Å²) in [6.07, 6.45) is 10.8. The molecule has 0 spiro atoms. The molecule has 2 aliphatic heterocycles. The van der Waals surface area contributed by atoms with Crippen LogP contribution in [0.4, 0.5) is 11.4 Å². The van der Waals surface area contributed by atoms with Gasteiger partial charge in [0.05, 0.1) is 19.4 Å². The number of hydrogen-bond acceptors (Lipinski definition) is 7. The normalized spacial score (nSPS) is 16.7. The molecule has 2 atom stereocenters. The first kappa shape index (κ1) is 36.4. The third kappa shape index (κ3) is 9.88. The molecule has 3 aromatic carbocycles. The number of nitrogens with zero attached hydrogens (tertiary/aromatic N) is 4. The van der Waals surface area contributed by atoms with Crippen LogP contribution in [-0.2, 0) is 33.9 Å². The summed E-state index contributed by atoms with van der Waals surface area (Å²) < 4.78 is 19.4. The molecule has 2 aliphatic rings. The van der Waals surface area contributed by atoms with Crippen LogP contribution in [0, 0.1) is 0 Å². The van der Waals surface area contributed by atoms with Gasteiger partial charge in [0, 0.05) is 67.5 Å². The molecule has 2 unspecified atom stereocenters. The minimum absolute atomic E-state index is 0.0759. The Bertz CT molecular complexity index is 1740. The Morgan fingerprint density at radius 3 is 2.59 bits per heavy atom. The van der Waals surface area contributed by atoms with E-state index in [9.17, 15) is 4.79 Å². The monoisotopic (exact) mass is 691 g/mol. The van der Waals surface area contributed by atoms with E-state index in [1.54, 1.807) is 0 Å². The number of likely N-dealkylation sites (N-methyl/N-ethyl adjacent to an activating group) is 1. The summed E-state index contributed by atoms with van der Waals surface area (Å²) in [5.74, 6) is 0.696. The summed E-state index contributed by atoms with van der Waals surface area (Å²) >= 11 is 0. The van der Waals surface area contributed by atoms with Gasteiger partial charge in [-0.25, -0.2) is 0 Å². The number of carbonyl (C=O) groups excluding carboxylic acids is 1. The summed E-state index contributed by atoms with van der Waals surface area (Å²) in [5.41, 5.74) is 8.17. The number of benzene rings is 3. The third-order valence-corrected chi connectivity index (χ3v) is 9.77. The van der Waals surface area contributed by atoms with Crippen molar-refractivity contribution in [1.29, 1.82) is 0 Å². The molecule has 0 saturated carbocycles. The number of carbonyl (C=O) groups is 1. The van der Waals surface area contributed by atoms with Crippen molar-refractivity contribution >= 4 is 23.4 Å². The van der Waals surface area contributed by atoms with E-state index in [1.165, 1.54) is 12.0 Å². The van der Waals surface area contributed by atoms with E-state index in [4.69, 9.17) is 14.2 Å². The van der Waals surface area contributed by atoms with Gasteiger partial charge in [0.1, 0.15) is 5.75 Å². The van der Waals surface area contributed by atoms with Gasteiger partial charge in [-0.2, -0.15) is 5.10 Å². The molecule has 0 bridgehead atoms. The summed E-state index contributed by atoms with van der Waals surface area (Å²) in [7, 11) is 2.16. The minimum atomic E-state index is -0.304. The summed E-state index contributed by atoms with van der Waals surface area (Å²) in [5, 5.41) is 7.68. The lowest BCUT2D eigenvalue weighted by atomic mass is 10.00. The van der Waals surface area contributed by atoms with Crippen LogP contribution < -0.4 is 15.0 Å². The van der Waals surface area contributed by atoms with Gasteiger partial charge >= 0.3 is 0 Å². The highest BCUT2D eigenvalue weighted by atomic mass is 16.7. The topological polar surface area (TPSA) is 81.1 Å². The zero-order valence-corrected chi connectivity index (χ0v) is 30.6. The van der Waals surface area contributed by atoms with Crippen LogP contribution in [0.5, 0.6) is 5.75 Å². The van der Waals surface area contributed by atoms with Gasteiger partial charge in [0.15, 0.2) is 6.29 Å². The van der Waals surface area contributed by atoms with E-state index < -0.39 is 0 Å². The molecule has 1 amide bonds. The lowest BCUT2D eigenvalue weighted by Crippen LogP contribution is -2.37. The van der Waals surface area contributed by atoms with Crippen LogP contribution in [0.15, 0.2) is 84.7 Å². The number of amides is 1. The lowest BCUT2D eigenvalue weighted by Gasteiger charge is -2.31. The van der Waals surface area contributed by atoms with Gasteiger partial charge in [0.25, 0.3) is 5.91 Å². The minimum Gasteiger partial charge on any atom is -0.465 e. The first-order chi connectivity index (χ1) is 24.9. The molecule has 51 heavy (non-hydrogen) atoms. The standard InChI is InChI=1S/C42H53N5O4/c1-5-7-23-50-31(3)51-40-17-12-34(13-18-40)35-14-19-41-37(24-35)25-36(20-21-46(41)28-33-26-43-47(6-2)29-33)42(48)44-38-15-10-32(11-16-38)27-45(4)39-9-8-22-49-30-39/h10-19,24-26,29,31,39H,5-9,20-23,27-28,30H2,1-4H3,(H,44,48). The molecule has 1 saturated heterocycles. The SMILES string of the molecule is CCCCOC(C)Oc1ccc(-c2ccc3c(c2)C=C(C(=O)Nc2ccc(CN(C)C4CCCOC4)cc2)CCN3Cc2cnn(CC)c2)cc1. The van der Waals surface area contributed by atoms with Crippen LogP contribution in [0.1, 0.15) is 69.6 Å². The molecule has 1 aromatic heterocycles. The van der Waals surface area contributed by atoms with E-state index in [2.05, 4.69) is 95.8 Å². The van der Waals surface area contributed by atoms with E-state index >= 15 is 0 Å². The van der Waals surface area contributed by atoms with Crippen molar-refractivity contribution in [3.8, 4) is 16.9 Å². The van der Waals surface area contributed by atoms with Crippen molar-refractivity contribution < 1.29 is 19.0 Å². The van der Waals surface area contributed by atoms with Crippen molar-refractivity contribution in [2.75, 3.05) is 43.6 Å². The molecule has 3 heterocycles. The predicted octanol–water partition coefficient (Wildman–Crippen LogP) is 8.15. The highest BCUT2D eigenvalue weighted by molar-refractivity contribution is 6.07. The number of unbranched alkanes of at least 4 members (excludes halogenated alkanes) is 1. The highest BCUT2D eigenvalue weighted by Gasteiger charge is 2.22. The van der Waals surface area contributed by atoms with Gasteiger partial charge in [0.2, 0.25) is 0 Å².